The quantitative estimate of drug-likeness (QED) is 0.875. The summed E-state index contributed by atoms with van der Waals surface area (Å²) < 4.78 is 10.6. The van der Waals surface area contributed by atoms with Crippen molar-refractivity contribution in [2.24, 2.45) is 0 Å². The molecule has 1 aliphatic rings. The molecular formula is C18H19N3O5. The zero-order chi connectivity index (χ0) is 18.7. The van der Waals surface area contributed by atoms with Gasteiger partial charge in [-0.2, -0.15) is 0 Å². The summed E-state index contributed by atoms with van der Waals surface area (Å²) >= 11 is 0. The first-order valence-electron chi connectivity index (χ1n) is 8.13. The van der Waals surface area contributed by atoms with Crippen molar-refractivity contribution in [1.82, 2.24) is 14.9 Å². The maximum atomic E-state index is 12.8. The minimum atomic E-state index is -1.18. The van der Waals surface area contributed by atoms with Gasteiger partial charge in [-0.15, -0.1) is 0 Å². The van der Waals surface area contributed by atoms with Crippen molar-refractivity contribution in [3.63, 3.8) is 0 Å². The predicted molar refractivity (Wildman–Crippen MR) is 91.5 cm³/mol. The maximum absolute atomic E-state index is 12.8. The van der Waals surface area contributed by atoms with Crippen LogP contribution in [0.1, 0.15) is 45.4 Å². The van der Waals surface area contributed by atoms with Crippen LogP contribution in [0.15, 0.2) is 30.6 Å². The molecule has 1 saturated heterocycles. The molecular weight excluding hydrogens is 338 g/mol. The van der Waals surface area contributed by atoms with E-state index in [9.17, 15) is 9.59 Å². The first kappa shape index (κ1) is 17.7. The summed E-state index contributed by atoms with van der Waals surface area (Å²) in [6, 6.07) is 5.49. The molecule has 8 nitrogen and oxygen atoms in total. The van der Waals surface area contributed by atoms with Gasteiger partial charge in [0, 0.05) is 6.54 Å². The number of methoxy groups -OCH3 is 2. The largest absolute Gasteiger partial charge is 0.493 e. The number of hydrogen-bond donors (Lipinski definition) is 1. The van der Waals surface area contributed by atoms with Crippen LogP contribution in [0.2, 0.25) is 0 Å². The number of aromatic carboxylic acids is 1. The van der Waals surface area contributed by atoms with Gasteiger partial charge in [0.15, 0.2) is 17.2 Å². The van der Waals surface area contributed by atoms with Gasteiger partial charge in [-0.25, -0.2) is 14.8 Å². The van der Waals surface area contributed by atoms with Gasteiger partial charge in [-0.1, -0.05) is 6.07 Å². The van der Waals surface area contributed by atoms with Crippen LogP contribution in [0.3, 0.4) is 0 Å². The molecule has 8 heteroatoms. The molecule has 2 heterocycles. The molecule has 3 rings (SSSR count). The highest BCUT2D eigenvalue weighted by Crippen LogP contribution is 2.37. The third-order valence-electron chi connectivity index (χ3n) is 4.40. The number of carboxylic acid groups (broad SMARTS) is 1. The Morgan fingerprint density at radius 1 is 1.12 bits per heavy atom. The van der Waals surface area contributed by atoms with Crippen molar-refractivity contribution in [2.45, 2.75) is 18.9 Å². The van der Waals surface area contributed by atoms with Crippen LogP contribution in [0.25, 0.3) is 0 Å². The molecule has 1 fully saturated rings. The molecule has 1 aliphatic heterocycles. The van der Waals surface area contributed by atoms with E-state index in [4.69, 9.17) is 14.6 Å². The van der Waals surface area contributed by atoms with Crippen molar-refractivity contribution in [2.75, 3.05) is 20.8 Å². The van der Waals surface area contributed by atoms with Gasteiger partial charge in [-0.05, 0) is 30.5 Å². The molecule has 136 valence electrons. The lowest BCUT2D eigenvalue weighted by Gasteiger charge is -2.25. The van der Waals surface area contributed by atoms with Crippen LogP contribution in [0.5, 0.6) is 11.5 Å². The summed E-state index contributed by atoms with van der Waals surface area (Å²) in [6.07, 6.45) is 3.99. The molecule has 1 atom stereocenters. The zero-order valence-corrected chi connectivity index (χ0v) is 14.5. The van der Waals surface area contributed by atoms with Crippen molar-refractivity contribution in [3.05, 3.63) is 47.5 Å². The number of hydrogen-bond acceptors (Lipinski definition) is 6. The van der Waals surface area contributed by atoms with Gasteiger partial charge < -0.3 is 19.5 Å². The summed E-state index contributed by atoms with van der Waals surface area (Å²) in [6.45, 7) is 0.597. The average molecular weight is 357 g/mol. The second kappa shape index (κ2) is 7.38. The Bertz CT molecular complexity index is 822. The number of ether oxygens (including phenoxy) is 2. The molecule has 1 aromatic heterocycles. The van der Waals surface area contributed by atoms with Gasteiger partial charge in [0.05, 0.1) is 32.7 Å². The Balaban J connectivity index is 1.85. The van der Waals surface area contributed by atoms with Gasteiger partial charge in [0.2, 0.25) is 0 Å². The molecule has 0 bridgehead atoms. The minimum absolute atomic E-state index is 0.108. The Morgan fingerprint density at radius 3 is 2.42 bits per heavy atom. The monoisotopic (exact) mass is 357 g/mol. The molecule has 1 N–H and O–H groups in total. The summed E-state index contributed by atoms with van der Waals surface area (Å²) in [4.78, 5) is 33.1. The third kappa shape index (κ3) is 3.30. The number of benzene rings is 1. The lowest BCUT2D eigenvalue weighted by Crippen LogP contribution is -2.31. The van der Waals surface area contributed by atoms with Crippen LogP contribution in [0.4, 0.5) is 0 Å². The highest BCUT2D eigenvalue weighted by Gasteiger charge is 2.32. The molecule has 0 radical (unpaired) electrons. The Labute approximate surface area is 150 Å². The molecule has 1 amide bonds. The van der Waals surface area contributed by atoms with E-state index in [2.05, 4.69) is 9.97 Å². The van der Waals surface area contributed by atoms with Crippen LogP contribution >= 0.6 is 0 Å². The maximum Gasteiger partial charge on any atom is 0.356 e. The number of nitrogens with zero attached hydrogens (tertiary/aromatic N) is 3. The number of carbonyl (C=O) groups excluding carboxylic acids is 1. The number of rotatable bonds is 5. The van der Waals surface area contributed by atoms with Crippen molar-refractivity contribution in [1.29, 1.82) is 0 Å². The van der Waals surface area contributed by atoms with E-state index in [1.54, 1.807) is 19.1 Å². The number of carbonyl (C=O) groups is 2. The second-order valence-electron chi connectivity index (χ2n) is 5.86. The van der Waals surface area contributed by atoms with E-state index >= 15 is 0 Å². The highest BCUT2D eigenvalue weighted by molar-refractivity contribution is 5.93. The van der Waals surface area contributed by atoms with E-state index in [1.807, 2.05) is 18.2 Å². The summed E-state index contributed by atoms with van der Waals surface area (Å²) in [5.74, 6) is -0.218. The van der Waals surface area contributed by atoms with Crippen molar-refractivity contribution in [3.8, 4) is 11.5 Å². The van der Waals surface area contributed by atoms with Gasteiger partial charge in [0.25, 0.3) is 5.91 Å². The fourth-order valence-corrected chi connectivity index (χ4v) is 3.11. The van der Waals surface area contributed by atoms with Gasteiger partial charge in [0.1, 0.15) is 5.69 Å². The lowest BCUT2D eigenvalue weighted by molar-refractivity contribution is 0.0683. The molecule has 1 aromatic carbocycles. The number of carboxylic acids is 1. The number of aromatic nitrogens is 2. The van der Waals surface area contributed by atoms with Crippen LogP contribution in [0, 0.1) is 0 Å². The molecule has 0 spiro atoms. The Hall–Kier alpha value is -3.16. The summed E-state index contributed by atoms with van der Waals surface area (Å²) in [5, 5.41) is 8.89. The third-order valence-corrected chi connectivity index (χ3v) is 4.40. The normalized spacial score (nSPS) is 16.4. The minimum Gasteiger partial charge on any atom is -0.493 e. The fraction of sp³-hybridized carbons (Fsp3) is 0.333. The van der Waals surface area contributed by atoms with E-state index in [1.165, 1.54) is 6.20 Å². The van der Waals surface area contributed by atoms with Crippen LogP contribution in [-0.4, -0.2) is 52.6 Å². The predicted octanol–water partition coefficient (Wildman–Crippen LogP) is 2.17. The zero-order valence-electron chi connectivity index (χ0n) is 14.5. The lowest BCUT2D eigenvalue weighted by atomic mass is 10.0. The molecule has 1 unspecified atom stereocenters. The summed E-state index contributed by atoms with van der Waals surface area (Å²) in [7, 11) is 3.14. The molecule has 26 heavy (non-hydrogen) atoms. The molecule has 0 aliphatic carbocycles. The summed E-state index contributed by atoms with van der Waals surface area (Å²) in [5.41, 5.74) is 0.880. The van der Waals surface area contributed by atoms with Gasteiger partial charge in [-0.3, -0.25) is 4.79 Å². The topological polar surface area (TPSA) is 102 Å². The van der Waals surface area contributed by atoms with Crippen LogP contribution in [-0.2, 0) is 0 Å². The average Bonchev–Trinajstić information content (AvgIpc) is 3.16. The smallest absolute Gasteiger partial charge is 0.356 e. The van der Waals surface area contributed by atoms with E-state index in [0.717, 1.165) is 24.6 Å². The van der Waals surface area contributed by atoms with Crippen molar-refractivity contribution < 1.29 is 24.2 Å². The Kier molecular flexibility index (Phi) is 5.01. The van der Waals surface area contributed by atoms with E-state index in [-0.39, 0.29) is 23.3 Å². The number of likely N-dealkylation sites (tertiary alicyclic amines) is 1. The first-order chi connectivity index (χ1) is 12.5. The number of amides is 1. The second-order valence-corrected chi connectivity index (χ2v) is 5.86. The fourth-order valence-electron chi connectivity index (χ4n) is 3.11. The SMILES string of the molecule is COc1ccc(C2CCCN2C(=O)c2cnc(C(=O)O)cn2)cc1OC. The molecule has 2 aromatic rings. The first-order valence-corrected chi connectivity index (χ1v) is 8.13. The van der Waals surface area contributed by atoms with Gasteiger partial charge >= 0.3 is 5.97 Å². The standard InChI is InChI=1S/C18H19N3O5/c1-25-15-6-5-11(8-16(15)26-2)14-4-3-7-21(14)17(22)12-9-20-13(10-19-12)18(23)24/h5-6,8-10,14H,3-4,7H2,1-2H3,(H,23,24). The molecule has 0 saturated carbocycles. The van der Waals surface area contributed by atoms with E-state index in [0.29, 0.717) is 18.0 Å². The van der Waals surface area contributed by atoms with Crippen molar-refractivity contribution >= 4 is 11.9 Å². The van der Waals surface area contributed by atoms with Crippen LogP contribution < -0.4 is 9.47 Å². The van der Waals surface area contributed by atoms with E-state index < -0.39 is 5.97 Å². The Morgan fingerprint density at radius 2 is 1.81 bits per heavy atom. The highest BCUT2D eigenvalue weighted by atomic mass is 16.5.